The van der Waals surface area contributed by atoms with Crippen LogP contribution in [-0.4, -0.2) is 65.3 Å². The molecule has 3 atom stereocenters. The number of rotatable bonds is 2. The Balaban J connectivity index is 1.76. The monoisotopic (exact) mass is 310 g/mol. The summed E-state index contributed by atoms with van der Waals surface area (Å²) in [6.45, 7) is 1.35. The molecular weight excluding hydrogens is 284 g/mol. The Morgan fingerprint density at radius 3 is 2.50 bits per heavy atom. The summed E-state index contributed by atoms with van der Waals surface area (Å²) in [4.78, 5) is 28.0. The van der Waals surface area contributed by atoms with Gasteiger partial charge in [0.05, 0.1) is 0 Å². The molecule has 0 radical (unpaired) electrons. The summed E-state index contributed by atoms with van der Waals surface area (Å²) in [6.07, 6.45) is 6.54. The number of urea groups is 1. The first-order valence-corrected chi connectivity index (χ1v) is 8.45. The standard InChI is InChI=1S/C16H26N2O4/c1-17(12-6-8-22-9-7-12)16(21)18-13-5-3-2-4-11(13)10-14(18)15(19)20/h11-14H,2-10H2,1H3,(H,19,20). The van der Waals surface area contributed by atoms with Crippen molar-refractivity contribution in [2.24, 2.45) is 5.92 Å². The maximum absolute atomic E-state index is 13.0. The third-order valence-electron chi connectivity index (χ3n) is 5.63. The van der Waals surface area contributed by atoms with Crippen LogP contribution in [0.25, 0.3) is 0 Å². The van der Waals surface area contributed by atoms with Gasteiger partial charge in [-0.05, 0) is 38.0 Å². The van der Waals surface area contributed by atoms with Crippen LogP contribution in [0, 0.1) is 5.92 Å². The topological polar surface area (TPSA) is 70.1 Å². The molecule has 2 saturated heterocycles. The average Bonchev–Trinajstić information content (AvgIpc) is 2.94. The van der Waals surface area contributed by atoms with E-state index in [1.165, 1.54) is 0 Å². The summed E-state index contributed by atoms with van der Waals surface area (Å²) in [5.74, 6) is -0.495. The molecule has 1 aliphatic carbocycles. The largest absolute Gasteiger partial charge is 0.480 e. The predicted molar refractivity (Wildman–Crippen MR) is 80.6 cm³/mol. The van der Waals surface area contributed by atoms with Crippen molar-refractivity contribution in [3.05, 3.63) is 0 Å². The van der Waals surface area contributed by atoms with Gasteiger partial charge in [-0.25, -0.2) is 9.59 Å². The van der Waals surface area contributed by atoms with Crippen molar-refractivity contribution in [2.75, 3.05) is 20.3 Å². The number of hydrogen-bond acceptors (Lipinski definition) is 3. The van der Waals surface area contributed by atoms with Gasteiger partial charge in [0, 0.05) is 32.3 Å². The van der Waals surface area contributed by atoms with Crippen molar-refractivity contribution in [1.82, 2.24) is 9.80 Å². The minimum Gasteiger partial charge on any atom is -0.480 e. The number of likely N-dealkylation sites (tertiary alicyclic amines) is 1. The van der Waals surface area contributed by atoms with Crippen molar-refractivity contribution >= 4 is 12.0 Å². The van der Waals surface area contributed by atoms with Crippen LogP contribution in [0.2, 0.25) is 0 Å². The van der Waals surface area contributed by atoms with Crippen LogP contribution in [0.1, 0.15) is 44.9 Å². The van der Waals surface area contributed by atoms with Crippen LogP contribution in [0.15, 0.2) is 0 Å². The molecule has 1 N–H and O–H groups in total. The molecule has 6 heteroatoms. The van der Waals surface area contributed by atoms with Gasteiger partial charge in [-0.3, -0.25) is 0 Å². The van der Waals surface area contributed by atoms with Gasteiger partial charge in [-0.15, -0.1) is 0 Å². The zero-order valence-corrected chi connectivity index (χ0v) is 13.2. The smallest absolute Gasteiger partial charge is 0.326 e. The van der Waals surface area contributed by atoms with E-state index in [-0.39, 0.29) is 18.1 Å². The number of carbonyl (C=O) groups is 2. The third kappa shape index (κ3) is 2.81. The summed E-state index contributed by atoms with van der Waals surface area (Å²) in [5.41, 5.74) is 0. The molecule has 0 aromatic carbocycles. The predicted octanol–water partition coefficient (Wildman–Crippen LogP) is 1.93. The third-order valence-corrected chi connectivity index (χ3v) is 5.63. The number of fused-ring (bicyclic) bond motifs is 1. The molecule has 1 saturated carbocycles. The Hall–Kier alpha value is -1.30. The fourth-order valence-corrected chi connectivity index (χ4v) is 4.37. The number of carboxylic acids is 1. The van der Waals surface area contributed by atoms with Crippen molar-refractivity contribution in [1.29, 1.82) is 0 Å². The van der Waals surface area contributed by atoms with Crippen LogP contribution >= 0.6 is 0 Å². The van der Waals surface area contributed by atoms with E-state index in [1.807, 2.05) is 7.05 Å². The fraction of sp³-hybridized carbons (Fsp3) is 0.875. The van der Waals surface area contributed by atoms with E-state index in [4.69, 9.17) is 4.74 Å². The molecule has 0 spiro atoms. The minimum atomic E-state index is -0.858. The number of nitrogens with zero attached hydrogens (tertiary/aromatic N) is 2. The highest BCUT2D eigenvalue weighted by Gasteiger charge is 2.48. The first-order chi connectivity index (χ1) is 10.6. The lowest BCUT2D eigenvalue weighted by atomic mass is 9.85. The number of amides is 2. The Morgan fingerprint density at radius 2 is 1.82 bits per heavy atom. The van der Waals surface area contributed by atoms with Crippen LogP contribution in [0.3, 0.4) is 0 Å². The molecule has 0 aromatic heterocycles. The Kier molecular flexibility index (Phi) is 4.57. The Morgan fingerprint density at radius 1 is 1.14 bits per heavy atom. The zero-order chi connectivity index (χ0) is 15.7. The lowest BCUT2D eigenvalue weighted by Crippen LogP contribution is -2.54. The molecule has 6 nitrogen and oxygen atoms in total. The highest BCUT2D eigenvalue weighted by molar-refractivity contribution is 5.84. The van der Waals surface area contributed by atoms with Gasteiger partial charge in [-0.2, -0.15) is 0 Å². The van der Waals surface area contributed by atoms with Crippen LogP contribution in [0.5, 0.6) is 0 Å². The SMILES string of the molecule is CN(C(=O)N1C(C(=O)O)CC2CCCCC21)C1CCOCC1. The molecular formula is C16H26N2O4. The van der Waals surface area contributed by atoms with E-state index in [9.17, 15) is 14.7 Å². The van der Waals surface area contributed by atoms with Gasteiger partial charge < -0.3 is 19.6 Å². The molecule has 2 heterocycles. The summed E-state index contributed by atoms with van der Waals surface area (Å²) in [7, 11) is 1.81. The second-order valence-corrected chi connectivity index (χ2v) is 6.85. The van der Waals surface area contributed by atoms with Crippen molar-refractivity contribution in [3.8, 4) is 0 Å². The molecule has 2 amide bonds. The number of hydrogen-bond donors (Lipinski definition) is 1. The number of carboxylic acid groups (broad SMARTS) is 1. The molecule has 22 heavy (non-hydrogen) atoms. The van der Waals surface area contributed by atoms with Crippen molar-refractivity contribution < 1.29 is 19.4 Å². The van der Waals surface area contributed by atoms with E-state index in [0.717, 1.165) is 38.5 Å². The highest BCUT2D eigenvalue weighted by Crippen LogP contribution is 2.40. The van der Waals surface area contributed by atoms with Gasteiger partial charge in [-0.1, -0.05) is 12.8 Å². The molecule has 0 aromatic rings. The first-order valence-electron chi connectivity index (χ1n) is 8.45. The van der Waals surface area contributed by atoms with Crippen molar-refractivity contribution in [3.63, 3.8) is 0 Å². The second-order valence-electron chi connectivity index (χ2n) is 6.85. The Labute approximate surface area is 131 Å². The molecule has 3 rings (SSSR count). The molecule has 3 fully saturated rings. The van der Waals surface area contributed by atoms with Gasteiger partial charge in [0.15, 0.2) is 0 Å². The van der Waals surface area contributed by atoms with Crippen LogP contribution in [-0.2, 0) is 9.53 Å². The van der Waals surface area contributed by atoms with E-state index in [1.54, 1.807) is 9.80 Å². The number of aliphatic carboxylic acids is 1. The van der Waals surface area contributed by atoms with E-state index in [0.29, 0.717) is 25.6 Å². The van der Waals surface area contributed by atoms with Gasteiger partial charge in [0.2, 0.25) is 0 Å². The summed E-state index contributed by atoms with van der Waals surface area (Å²) >= 11 is 0. The van der Waals surface area contributed by atoms with Crippen LogP contribution in [0.4, 0.5) is 4.79 Å². The zero-order valence-electron chi connectivity index (χ0n) is 13.2. The molecule has 0 bridgehead atoms. The maximum Gasteiger partial charge on any atom is 0.326 e. The minimum absolute atomic E-state index is 0.103. The van der Waals surface area contributed by atoms with E-state index in [2.05, 4.69) is 0 Å². The quantitative estimate of drug-likeness (QED) is 0.846. The summed E-state index contributed by atoms with van der Waals surface area (Å²) in [6, 6.07) is -0.473. The second kappa shape index (κ2) is 6.44. The summed E-state index contributed by atoms with van der Waals surface area (Å²) < 4.78 is 5.35. The number of ether oxygens (including phenoxy) is 1. The number of carbonyl (C=O) groups excluding carboxylic acids is 1. The van der Waals surface area contributed by atoms with Gasteiger partial charge in [0.25, 0.3) is 0 Å². The lowest BCUT2D eigenvalue weighted by molar-refractivity contribution is -0.141. The first kappa shape index (κ1) is 15.6. The lowest BCUT2D eigenvalue weighted by Gasteiger charge is -2.39. The molecule has 2 aliphatic heterocycles. The highest BCUT2D eigenvalue weighted by atomic mass is 16.5. The maximum atomic E-state index is 13.0. The van der Waals surface area contributed by atoms with Gasteiger partial charge >= 0.3 is 12.0 Å². The molecule has 124 valence electrons. The van der Waals surface area contributed by atoms with Crippen LogP contribution < -0.4 is 0 Å². The van der Waals surface area contributed by atoms with Crippen molar-refractivity contribution in [2.45, 2.75) is 63.1 Å². The van der Waals surface area contributed by atoms with E-state index < -0.39 is 12.0 Å². The summed E-state index contributed by atoms with van der Waals surface area (Å²) in [5, 5.41) is 9.54. The normalized spacial score (nSPS) is 32.6. The Bertz CT molecular complexity index is 436. The average molecular weight is 310 g/mol. The fourth-order valence-electron chi connectivity index (χ4n) is 4.37. The van der Waals surface area contributed by atoms with Gasteiger partial charge in [0.1, 0.15) is 6.04 Å². The molecule has 3 aliphatic rings. The molecule has 3 unspecified atom stereocenters. The van der Waals surface area contributed by atoms with E-state index >= 15 is 0 Å².